The summed E-state index contributed by atoms with van der Waals surface area (Å²) < 4.78 is 44.3. The number of anilines is 1. The Labute approximate surface area is 175 Å². The highest BCUT2D eigenvalue weighted by atomic mass is 19.4. The molecular formula is C20H19F3N4O4. The van der Waals surface area contributed by atoms with E-state index in [9.17, 15) is 27.6 Å². The lowest BCUT2D eigenvalue weighted by Gasteiger charge is -2.13. The van der Waals surface area contributed by atoms with Crippen LogP contribution in [0.25, 0.3) is 0 Å². The molecule has 0 saturated carbocycles. The maximum atomic E-state index is 13.0. The highest BCUT2D eigenvalue weighted by Gasteiger charge is 2.33. The number of hydrogen-bond acceptors (Lipinski definition) is 5. The van der Waals surface area contributed by atoms with Gasteiger partial charge in [0, 0.05) is 6.54 Å². The van der Waals surface area contributed by atoms with Gasteiger partial charge in [-0.25, -0.2) is 5.43 Å². The van der Waals surface area contributed by atoms with E-state index in [2.05, 4.69) is 21.2 Å². The second-order valence-electron chi connectivity index (χ2n) is 6.01. The molecule has 0 heterocycles. The van der Waals surface area contributed by atoms with Gasteiger partial charge >= 0.3 is 18.0 Å². The van der Waals surface area contributed by atoms with Crippen LogP contribution in [0.2, 0.25) is 0 Å². The Morgan fingerprint density at radius 2 is 1.81 bits per heavy atom. The molecule has 0 aliphatic carbocycles. The summed E-state index contributed by atoms with van der Waals surface area (Å²) in [5, 5.41) is 8.13. The number of hydrazone groups is 1. The van der Waals surface area contributed by atoms with Gasteiger partial charge in [-0.05, 0) is 36.8 Å². The van der Waals surface area contributed by atoms with Crippen molar-refractivity contribution in [3.63, 3.8) is 0 Å². The van der Waals surface area contributed by atoms with E-state index in [1.165, 1.54) is 30.5 Å². The standard InChI is InChI=1S/C20H19F3N4O4/c1-2-24-18(29)19(30)27-25-11-13-6-5-7-14(10-13)31-12-17(28)26-16-9-4-3-8-15(16)20(21,22)23/h3-11H,2,12H2,1H3,(H,24,29)(H,26,28)(H,27,30)/b25-11-. The molecule has 0 fully saturated rings. The molecule has 0 saturated heterocycles. The summed E-state index contributed by atoms with van der Waals surface area (Å²) in [4.78, 5) is 34.7. The molecule has 164 valence electrons. The van der Waals surface area contributed by atoms with E-state index in [1.807, 2.05) is 0 Å². The average Bonchev–Trinajstić information content (AvgIpc) is 2.72. The van der Waals surface area contributed by atoms with Gasteiger partial charge < -0.3 is 15.4 Å². The normalized spacial score (nSPS) is 11.1. The van der Waals surface area contributed by atoms with E-state index < -0.39 is 36.1 Å². The molecule has 0 bridgehead atoms. The first-order chi connectivity index (χ1) is 14.7. The molecule has 0 unspecified atom stereocenters. The minimum absolute atomic E-state index is 0.248. The van der Waals surface area contributed by atoms with E-state index in [4.69, 9.17) is 4.74 Å². The SMILES string of the molecule is CCNC(=O)C(=O)N/N=C\c1cccc(OCC(=O)Nc2ccccc2C(F)(F)F)c1. The monoisotopic (exact) mass is 436 g/mol. The first kappa shape index (κ1) is 23.4. The summed E-state index contributed by atoms with van der Waals surface area (Å²) >= 11 is 0. The van der Waals surface area contributed by atoms with E-state index in [-0.39, 0.29) is 11.4 Å². The van der Waals surface area contributed by atoms with Gasteiger partial charge in [-0.2, -0.15) is 18.3 Å². The maximum absolute atomic E-state index is 13.0. The molecule has 0 aliphatic rings. The van der Waals surface area contributed by atoms with E-state index in [1.54, 1.807) is 19.1 Å². The number of nitrogens with zero attached hydrogens (tertiary/aromatic N) is 1. The Morgan fingerprint density at radius 3 is 2.52 bits per heavy atom. The molecule has 3 amide bonds. The Balaban J connectivity index is 1.92. The third kappa shape index (κ3) is 7.46. The number of ether oxygens (including phenoxy) is 1. The Hall–Kier alpha value is -3.89. The number of hydrogen-bond donors (Lipinski definition) is 3. The zero-order chi connectivity index (χ0) is 22.9. The molecule has 11 heteroatoms. The summed E-state index contributed by atoms with van der Waals surface area (Å²) in [6, 6.07) is 10.8. The van der Waals surface area contributed by atoms with Crippen molar-refractivity contribution in [1.82, 2.24) is 10.7 Å². The summed E-state index contributed by atoms with van der Waals surface area (Å²) in [6.07, 6.45) is -3.35. The number of rotatable bonds is 7. The minimum Gasteiger partial charge on any atom is -0.484 e. The lowest BCUT2D eigenvalue weighted by Crippen LogP contribution is -2.37. The van der Waals surface area contributed by atoms with Crippen LogP contribution in [0.4, 0.5) is 18.9 Å². The van der Waals surface area contributed by atoms with Crippen LogP contribution in [0.15, 0.2) is 53.6 Å². The quantitative estimate of drug-likeness (QED) is 0.352. The van der Waals surface area contributed by atoms with Crippen molar-refractivity contribution < 1.29 is 32.3 Å². The number of nitrogens with one attached hydrogen (secondary N) is 3. The Morgan fingerprint density at radius 1 is 1.06 bits per heavy atom. The second-order valence-corrected chi connectivity index (χ2v) is 6.01. The van der Waals surface area contributed by atoms with Crippen LogP contribution in [0.1, 0.15) is 18.1 Å². The molecule has 31 heavy (non-hydrogen) atoms. The molecule has 2 aromatic carbocycles. The van der Waals surface area contributed by atoms with Crippen LogP contribution in [-0.4, -0.2) is 37.1 Å². The first-order valence-corrected chi connectivity index (χ1v) is 9.01. The molecule has 3 N–H and O–H groups in total. The molecule has 2 rings (SSSR count). The van der Waals surface area contributed by atoms with E-state index in [0.29, 0.717) is 12.1 Å². The van der Waals surface area contributed by atoms with Crippen LogP contribution in [0, 0.1) is 0 Å². The predicted octanol–water partition coefficient (Wildman–Crippen LogP) is 2.31. The van der Waals surface area contributed by atoms with Gasteiger partial charge in [0.05, 0.1) is 17.5 Å². The van der Waals surface area contributed by atoms with Gasteiger partial charge in [0.2, 0.25) is 0 Å². The third-order valence-electron chi connectivity index (χ3n) is 3.66. The van der Waals surface area contributed by atoms with Crippen LogP contribution < -0.4 is 20.8 Å². The molecule has 0 spiro atoms. The number of likely N-dealkylation sites (N-methyl/N-ethyl adjacent to an activating group) is 1. The summed E-state index contributed by atoms with van der Waals surface area (Å²) in [5.41, 5.74) is 1.20. The molecule has 8 nitrogen and oxygen atoms in total. The van der Waals surface area contributed by atoms with Crippen molar-refractivity contribution >= 4 is 29.6 Å². The fourth-order valence-electron chi connectivity index (χ4n) is 2.32. The first-order valence-electron chi connectivity index (χ1n) is 9.01. The largest absolute Gasteiger partial charge is 0.484 e. The number of benzene rings is 2. The Bertz CT molecular complexity index is 977. The highest BCUT2D eigenvalue weighted by molar-refractivity contribution is 6.35. The van der Waals surface area contributed by atoms with Gasteiger partial charge in [0.15, 0.2) is 6.61 Å². The number of carbonyl (C=O) groups is 3. The number of amides is 3. The van der Waals surface area contributed by atoms with Gasteiger partial charge in [-0.15, -0.1) is 0 Å². The van der Waals surface area contributed by atoms with Crippen LogP contribution in [0.5, 0.6) is 5.75 Å². The van der Waals surface area contributed by atoms with Crippen molar-refractivity contribution in [2.45, 2.75) is 13.1 Å². The number of carbonyl (C=O) groups excluding carboxylic acids is 3. The summed E-state index contributed by atoms with van der Waals surface area (Å²) in [5.74, 6) is -2.28. The fraction of sp³-hybridized carbons (Fsp3) is 0.200. The van der Waals surface area contributed by atoms with E-state index in [0.717, 1.165) is 12.1 Å². The molecular weight excluding hydrogens is 417 g/mol. The maximum Gasteiger partial charge on any atom is 0.418 e. The fourth-order valence-corrected chi connectivity index (χ4v) is 2.32. The van der Waals surface area contributed by atoms with Crippen LogP contribution >= 0.6 is 0 Å². The lowest BCUT2D eigenvalue weighted by atomic mass is 10.1. The topological polar surface area (TPSA) is 109 Å². The summed E-state index contributed by atoms with van der Waals surface area (Å²) in [6.45, 7) is 1.43. The highest BCUT2D eigenvalue weighted by Crippen LogP contribution is 2.34. The molecule has 0 radical (unpaired) electrons. The Kier molecular flexibility index (Phi) is 8.12. The van der Waals surface area contributed by atoms with Gasteiger partial charge in [-0.3, -0.25) is 14.4 Å². The number of para-hydroxylation sites is 1. The van der Waals surface area contributed by atoms with Crippen molar-refractivity contribution in [3.05, 3.63) is 59.7 Å². The van der Waals surface area contributed by atoms with Gasteiger partial charge in [0.1, 0.15) is 5.75 Å². The van der Waals surface area contributed by atoms with Crippen LogP contribution in [-0.2, 0) is 20.6 Å². The molecule has 2 aromatic rings. The van der Waals surface area contributed by atoms with Crippen molar-refractivity contribution in [2.24, 2.45) is 5.10 Å². The van der Waals surface area contributed by atoms with Gasteiger partial charge in [0.25, 0.3) is 5.91 Å². The summed E-state index contributed by atoms with van der Waals surface area (Å²) in [7, 11) is 0. The minimum atomic E-state index is -4.61. The van der Waals surface area contributed by atoms with Gasteiger partial charge in [-0.1, -0.05) is 24.3 Å². The molecule has 0 atom stereocenters. The van der Waals surface area contributed by atoms with Crippen LogP contribution in [0.3, 0.4) is 0 Å². The van der Waals surface area contributed by atoms with Crippen molar-refractivity contribution in [2.75, 3.05) is 18.5 Å². The van der Waals surface area contributed by atoms with E-state index >= 15 is 0 Å². The molecule has 0 aliphatic heterocycles. The predicted molar refractivity (Wildman–Crippen MR) is 106 cm³/mol. The van der Waals surface area contributed by atoms with Crippen molar-refractivity contribution in [3.8, 4) is 5.75 Å². The lowest BCUT2D eigenvalue weighted by molar-refractivity contribution is -0.139. The second kappa shape index (κ2) is 10.8. The smallest absolute Gasteiger partial charge is 0.418 e. The third-order valence-corrected chi connectivity index (χ3v) is 3.66. The zero-order valence-electron chi connectivity index (χ0n) is 16.3. The average molecular weight is 436 g/mol. The number of halogens is 3. The van der Waals surface area contributed by atoms with Crippen molar-refractivity contribution in [1.29, 1.82) is 0 Å². The zero-order valence-corrected chi connectivity index (χ0v) is 16.3. The number of alkyl halides is 3. The molecule has 0 aromatic heterocycles.